The maximum absolute atomic E-state index is 13.2. The lowest BCUT2D eigenvalue weighted by molar-refractivity contribution is -0.133. The topological polar surface area (TPSA) is 73.5 Å². The molecule has 0 radical (unpaired) electrons. The van der Waals surface area contributed by atoms with Gasteiger partial charge in [0.05, 0.1) is 0 Å². The number of nitrogens with one attached hydrogen (secondary N) is 3. The lowest BCUT2D eigenvalue weighted by atomic mass is 10.0. The number of hydrogen-bond donors (Lipinski definition) is 3. The molecular formula is C22H34N4O2. The summed E-state index contributed by atoms with van der Waals surface area (Å²) in [4.78, 5) is 27.6. The first-order valence-corrected chi connectivity index (χ1v) is 10.6. The number of carbonyl (C=O) groups is 2. The number of amides is 3. The fourth-order valence-electron chi connectivity index (χ4n) is 4.15. The van der Waals surface area contributed by atoms with Crippen LogP contribution in [0.15, 0.2) is 24.3 Å². The van der Waals surface area contributed by atoms with Crippen LogP contribution in [0.2, 0.25) is 0 Å². The van der Waals surface area contributed by atoms with Crippen LogP contribution < -0.4 is 16.0 Å². The van der Waals surface area contributed by atoms with Gasteiger partial charge in [0.1, 0.15) is 6.04 Å². The SMILES string of the molecule is Cc1ccc(CNC(=O)NC(CC(C)C)C(=O)N2CCC3CCC(C2)N3)cc1. The molecule has 2 fully saturated rings. The first-order chi connectivity index (χ1) is 13.4. The molecule has 2 aliphatic rings. The Hall–Kier alpha value is -2.08. The van der Waals surface area contributed by atoms with E-state index in [1.54, 1.807) is 0 Å². The quantitative estimate of drug-likeness (QED) is 0.703. The van der Waals surface area contributed by atoms with E-state index in [9.17, 15) is 9.59 Å². The van der Waals surface area contributed by atoms with E-state index in [1.165, 1.54) is 12.0 Å². The Bertz CT molecular complexity index is 674. The maximum Gasteiger partial charge on any atom is 0.315 e. The van der Waals surface area contributed by atoms with Crippen LogP contribution in [-0.2, 0) is 11.3 Å². The molecule has 3 unspecified atom stereocenters. The minimum absolute atomic E-state index is 0.0496. The molecular weight excluding hydrogens is 352 g/mol. The number of likely N-dealkylation sites (tertiary alicyclic amines) is 1. The molecule has 6 heteroatoms. The summed E-state index contributed by atoms with van der Waals surface area (Å²) in [7, 11) is 0. The van der Waals surface area contributed by atoms with Gasteiger partial charge in [-0.3, -0.25) is 4.79 Å². The normalized spacial score (nSPS) is 22.6. The number of benzene rings is 1. The second-order valence-corrected chi connectivity index (χ2v) is 8.71. The molecule has 3 atom stereocenters. The Labute approximate surface area is 168 Å². The predicted molar refractivity (Wildman–Crippen MR) is 111 cm³/mol. The predicted octanol–water partition coefficient (Wildman–Crippen LogP) is 2.56. The van der Waals surface area contributed by atoms with E-state index in [0.717, 1.165) is 31.5 Å². The van der Waals surface area contributed by atoms with Crippen LogP contribution in [0, 0.1) is 12.8 Å². The van der Waals surface area contributed by atoms with Gasteiger partial charge in [0.2, 0.25) is 5.91 Å². The highest BCUT2D eigenvalue weighted by atomic mass is 16.2. The third-order valence-electron chi connectivity index (χ3n) is 5.72. The van der Waals surface area contributed by atoms with Gasteiger partial charge in [-0.25, -0.2) is 4.79 Å². The Balaban J connectivity index is 1.56. The highest BCUT2D eigenvalue weighted by Gasteiger charge is 2.34. The molecule has 3 rings (SSSR count). The average Bonchev–Trinajstić information content (AvgIpc) is 2.98. The number of hydrogen-bond acceptors (Lipinski definition) is 3. The minimum atomic E-state index is -0.477. The number of urea groups is 1. The van der Waals surface area contributed by atoms with Crippen molar-refractivity contribution in [1.29, 1.82) is 0 Å². The smallest absolute Gasteiger partial charge is 0.315 e. The maximum atomic E-state index is 13.2. The summed E-state index contributed by atoms with van der Waals surface area (Å²) >= 11 is 0. The van der Waals surface area contributed by atoms with Gasteiger partial charge in [0, 0.05) is 31.7 Å². The molecule has 6 nitrogen and oxygen atoms in total. The summed E-state index contributed by atoms with van der Waals surface area (Å²) in [5, 5.41) is 9.42. The van der Waals surface area contributed by atoms with Gasteiger partial charge >= 0.3 is 6.03 Å². The molecule has 0 spiro atoms. The second-order valence-electron chi connectivity index (χ2n) is 8.71. The van der Waals surface area contributed by atoms with E-state index >= 15 is 0 Å². The molecule has 0 aromatic heterocycles. The van der Waals surface area contributed by atoms with Gasteiger partial charge in [0.25, 0.3) is 0 Å². The lowest BCUT2D eigenvalue weighted by Gasteiger charge is -2.30. The molecule has 154 valence electrons. The van der Waals surface area contributed by atoms with Crippen LogP contribution in [0.4, 0.5) is 4.79 Å². The molecule has 2 heterocycles. The van der Waals surface area contributed by atoms with Crippen molar-refractivity contribution in [2.75, 3.05) is 13.1 Å². The van der Waals surface area contributed by atoms with Crippen LogP contribution in [0.1, 0.15) is 50.7 Å². The number of nitrogens with zero attached hydrogens (tertiary/aromatic N) is 1. The monoisotopic (exact) mass is 386 g/mol. The van der Waals surface area contributed by atoms with Gasteiger partial charge in [0.15, 0.2) is 0 Å². The van der Waals surface area contributed by atoms with Crippen molar-refractivity contribution in [3.05, 3.63) is 35.4 Å². The number of rotatable bonds is 6. The second kappa shape index (κ2) is 9.41. The Kier molecular flexibility index (Phi) is 6.94. The van der Waals surface area contributed by atoms with Crippen molar-refractivity contribution >= 4 is 11.9 Å². The van der Waals surface area contributed by atoms with Crippen molar-refractivity contribution in [1.82, 2.24) is 20.9 Å². The molecule has 28 heavy (non-hydrogen) atoms. The Morgan fingerprint density at radius 3 is 2.57 bits per heavy atom. The molecule has 1 aromatic carbocycles. The zero-order chi connectivity index (χ0) is 20.1. The van der Waals surface area contributed by atoms with Crippen LogP contribution >= 0.6 is 0 Å². The number of fused-ring (bicyclic) bond motifs is 2. The highest BCUT2D eigenvalue weighted by molar-refractivity contribution is 5.87. The van der Waals surface area contributed by atoms with Crippen molar-refractivity contribution in [2.45, 2.75) is 71.1 Å². The molecule has 3 amide bonds. The fraction of sp³-hybridized carbons (Fsp3) is 0.636. The molecule has 2 saturated heterocycles. The first kappa shape index (κ1) is 20.6. The van der Waals surface area contributed by atoms with Crippen molar-refractivity contribution in [3.8, 4) is 0 Å². The van der Waals surface area contributed by atoms with E-state index < -0.39 is 6.04 Å². The molecule has 2 aliphatic heterocycles. The molecule has 0 aliphatic carbocycles. The summed E-state index contributed by atoms with van der Waals surface area (Å²) in [5.74, 6) is 0.376. The van der Waals surface area contributed by atoms with Crippen LogP contribution in [0.3, 0.4) is 0 Å². The number of aryl methyl sites for hydroxylation is 1. The third kappa shape index (κ3) is 5.71. The zero-order valence-corrected chi connectivity index (χ0v) is 17.3. The lowest BCUT2D eigenvalue weighted by Crippen LogP contribution is -2.53. The van der Waals surface area contributed by atoms with E-state index in [-0.39, 0.29) is 11.9 Å². The van der Waals surface area contributed by atoms with Gasteiger partial charge < -0.3 is 20.9 Å². The van der Waals surface area contributed by atoms with Crippen LogP contribution in [-0.4, -0.2) is 48.1 Å². The summed E-state index contributed by atoms with van der Waals surface area (Å²) in [6.07, 6.45) is 3.99. The van der Waals surface area contributed by atoms with Gasteiger partial charge in [-0.15, -0.1) is 0 Å². The first-order valence-electron chi connectivity index (χ1n) is 10.6. The Morgan fingerprint density at radius 1 is 1.14 bits per heavy atom. The Morgan fingerprint density at radius 2 is 1.86 bits per heavy atom. The van der Waals surface area contributed by atoms with Crippen LogP contribution in [0.5, 0.6) is 0 Å². The summed E-state index contributed by atoms with van der Waals surface area (Å²) in [5.41, 5.74) is 2.23. The summed E-state index contributed by atoms with van der Waals surface area (Å²) in [6, 6.07) is 8.24. The number of carbonyl (C=O) groups excluding carboxylic acids is 2. The van der Waals surface area contributed by atoms with Crippen molar-refractivity contribution < 1.29 is 9.59 Å². The van der Waals surface area contributed by atoms with E-state index in [2.05, 4.69) is 29.8 Å². The van der Waals surface area contributed by atoms with Gasteiger partial charge in [-0.2, -0.15) is 0 Å². The molecule has 3 N–H and O–H groups in total. The third-order valence-corrected chi connectivity index (χ3v) is 5.72. The van der Waals surface area contributed by atoms with Crippen molar-refractivity contribution in [3.63, 3.8) is 0 Å². The standard InChI is InChI=1S/C22H34N4O2/c1-15(2)12-20(21(27)26-11-10-18-8-9-19(14-26)24-18)25-22(28)23-13-17-6-4-16(3)5-7-17/h4-7,15,18-20,24H,8-14H2,1-3H3,(H2,23,25,28). The van der Waals surface area contributed by atoms with E-state index in [1.807, 2.05) is 36.1 Å². The van der Waals surface area contributed by atoms with Gasteiger partial charge in [-0.05, 0) is 44.1 Å². The minimum Gasteiger partial charge on any atom is -0.339 e. The van der Waals surface area contributed by atoms with Gasteiger partial charge in [-0.1, -0.05) is 43.7 Å². The summed E-state index contributed by atoms with van der Waals surface area (Å²) in [6.45, 7) is 8.17. The van der Waals surface area contributed by atoms with E-state index in [0.29, 0.717) is 31.0 Å². The fourth-order valence-corrected chi connectivity index (χ4v) is 4.15. The molecule has 2 bridgehead atoms. The average molecular weight is 387 g/mol. The summed E-state index contributed by atoms with van der Waals surface area (Å²) < 4.78 is 0. The largest absolute Gasteiger partial charge is 0.339 e. The van der Waals surface area contributed by atoms with Crippen LogP contribution in [0.25, 0.3) is 0 Å². The molecule has 0 saturated carbocycles. The van der Waals surface area contributed by atoms with E-state index in [4.69, 9.17) is 0 Å². The van der Waals surface area contributed by atoms with Crippen molar-refractivity contribution in [2.24, 2.45) is 5.92 Å². The highest BCUT2D eigenvalue weighted by Crippen LogP contribution is 2.21. The molecule has 1 aromatic rings. The zero-order valence-electron chi connectivity index (χ0n) is 17.3.